The lowest BCUT2D eigenvalue weighted by atomic mass is 10.0. The number of Topliss-reactive ketones (excluding diaryl/α,β-unsaturated/α-hetero) is 1. The lowest BCUT2D eigenvalue weighted by Gasteiger charge is -2.04. The molecule has 0 aliphatic heterocycles. The monoisotopic (exact) mass is 343 g/mol. The van der Waals surface area contributed by atoms with Crippen LogP contribution in [0.1, 0.15) is 37.0 Å². The van der Waals surface area contributed by atoms with Gasteiger partial charge in [0.15, 0.2) is 11.6 Å². The highest BCUT2D eigenvalue weighted by Crippen LogP contribution is 2.25. The first-order valence-electron chi connectivity index (χ1n) is 8.99. The molecule has 2 aromatic heterocycles. The van der Waals surface area contributed by atoms with E-state index in [1.54, 1.807) is 0 Å². The van der Waals surface area contributed by atoms with Gasteiger partial charge in [0.05, 0.1) is 11.0 Å². The van der Waals surface area contributed by atoms with Gasteiger partial charge >= 0.3 is 0 Å². The van der Waals surface area contributed by atoms with Crippen molar-refractivity contribution in [2.45, 2.75) is 26.7 Å². The second-order valence-electron chi connectivity index (χ2n) is 7.06. The Bertz CT molecular complexity index is 1090. The third-order valence-corrected chi connectivity index (χ3v) is 4.64. The lowest BCUT2D eigenvalue weighted by Crippen LogP contribution is -2.02. The summed E-state index contributed by atoms with van der Waals surface area (Å²) in [6, 6.07) is 15.8. The first kappa shape index (κ1) is 16.5. The van der Waals surface area contributed by atoms with E-state index in [0.717, 1.165) is 33.9 Å². The summed E-state index contributed by atoms with van der Waals surface area (Å²) in [7, 11) is 0. The Labute approximate surface area is 152 Å². The van der Waals surface area contributed by atoms with E-state index < -0.39 is 0 Å². The third kappa shape index (κ3) is 3.10. The number of fused-ring (bicyclic) bond motifs is 2. The molecule has 0 unspecified atom stereocenters. The minimum absolute atomic E-state index is 0.147. The van der Waals surface area contributed by atoms with Gasteiger partial charge < -0.3 is 4.98 Å². The molecule has 2 aromatic carbocycles. The van der Waals surface area contributed by atoms with E-state index in [0.29, 0.717) is 23.7 Å². The van der Waals surface area contributed by atoms with Crippen LogP contribution in [0.2, 0.25) is 0 Å². The molecule has 0 saturated heterocycles. The van der Waals surface area contributed by atoms with E-state index in [1.165, 1.54) is 0 Å². The van der Waals surface area contributed by atoms with Crippen LogP contribution in [-0.2, 0) is 0 Å². The minimum Gasteiger partial charge on any atom is -0.337 e. The summed E-state index contributed by atoms with van der Waals surface area (Å²) in [6.45, 7) is 4.26. The van der Waals surface area contributed by atoms with Gasteiger partial charge in [-0.1, -0.05) is 44.2 Å². The SMILES string of the molecule is CC(C)CCC(=O)c1cccc2[nH]c(-c3cc4ccccc4cn3)nc12. The van der Waals surface area contributed by atoms with E-state index in [1.807, 2.05) is 48.7 Å². The average molecular weight is 343 g/mol. The molecule has 1 N–H and O–H groups in total. The topological polar surface area (TPSA) is 58.6 Å². The van der Waals surface area contributed by atoms with Crippen molar-refractivity contribution < 1.29 is 4.79 Å². The number of nitrogens with one attached hydrogen (secondary N) is 1. The molecule has 4 rings (SSSR count). The summed E-state index contributed by atoms with van der Waals surface area (Å²) in [5.41, 5.74) is 3.06. The van der Waals surface area contributed by atoms with Crippen molar-refractivity contribution in [3.05, 3.63) is 60.3 Å². The van der Waals surface area contributed by atoms with Gasteiger partial charge in [-0.2, -0.15) is 0 Å². The number of imidazole rings is 1. The van der Waals surface area contributed by atoms with Gasteiger partial charge in [0.2, 0.25) is 0 Å². The van der Waals surface area contributed by atoms with Crippen LogP contribution in [0.5, 0.6) is 0 Å². The Balaban J connectivity index is 1.75. The molecule has 26 heavy (non-hydrogen) atoms. The first-order valence-corrected chi connectivity index (χ1v) is 8.99. The van der Waals surface area contributed by atoms with Gasteiger partial charge in [-0.15, -0.1) is 0 Å². The molecule has 4 nitrogen and oxygen atoms in total. The van der Waals surface area contributed by atoms with Gasteiger partial charge in [-0.05, 0) is 35.9 Å². The zero-order valence-electron chi connectivity index (χ0n) is 15.0. The molecule has 0 atom stereocenters. The predicted molar refractivity (Wildman–Crippen MR) is 105 cm³/mol. The quantitative estimate of drug-likeness (QED) is 0.494. The first-order chi connectivity index (χ1) is 12.6. The molecule has 0 aliphatic rings. The van der Waals surface area contributed by atoms with Crippen LogP contribution < -0.4 is 0 Å². The smallest absolute Gasteiger partial charge is 0.165 e. The number of pyridine rings is 1. The maximum Gasteiger partial charge on any atom is 0.165 e. The molecular formula is C22H21N3O. The molecular weight excluding hydrogens is 322 g/mol. The van der Waals surface area contributed by atoms with Gasteiger partial charge in [-0.3, -0.25) is 9.78 Å². The highest BCUT2D eigenvalue weighted by atomic mass is 16.1. The van der Waals surface area contributed by atoms with Crippen molar-refractivity contribution in [3.8, 4) is 11.5 Å². The van der Waals surface area contributed by atoms with E-state index in [4.69, 9.17) is 4.98 Å². The maximum atomic E-state index is 12.6. The lowest BCUT2D eigenvalue weighted by molar-refractivity contribution is 0.0977. The zero-order chi connectivity index (χ0) is 18.1. The van der Waals surface area contributed by atoms with Crippen LogP contribution >= 0.6 is 0 Å². The molecule has 0 fully saturated rings. The van der Waals surface area contributed by atoms with E-state index in [2.05, 4.69) is 29.9 Å². The van der Waals surface area contributed by atoms with Crippen LogP contribution in [0.4, 0.5) is 0 Å². The Hall–Kier alpha value is -3.01. The van der Waals surface area contributed by atoms with E-state index in [-0.39, 0.29) is 5.78 Å². The maximum absolute atomic E-state index is 12.6. The van der Waals surface area contributed by atoms with Crippen LogP contribution in [-0.4, -0.2) is 20.7 Å². The number of para-hydroxylation sites is 1. The van der Waals surface area contributed by atoms with Crippen molar-refractivity contribution in [3.63, 3.8) is 0 Å². The summed E-state index contributed by atoms with van der Waals surface area (Å²) < 4.78 is 0. The number of aromatic nitrogens is 3. The van der Waals surface area contributed by atoms with Crippen LogP contribution in [0.15, 0.2) is 54.7 Å². The summed E-state index contributed by atoms with van der Waals surface area (Å²) >= 11 is 0. The molecule has 130 valence electrons. The Morgan fingerprint density at radius 3 is 2.69 bits per heavy atom. The standard InChI is InChI=1S/C22H21N3O/c1-14(2)10-11-20(26)17-8-5-9-18-21(17)25-22(24-18)19-12-15-6-3-4-7-16(15)13-23-19/h3-9,12-14H,10-11H2,1-2H3,(H,24,25). The zero-order valence-corrected chi connectivity index (χ0v) is 15.0. The highest BCUT2D eigenvalue weighted by Gasteiger charge is 2.15. The molecule has 0 amide bonds. The van der Waals surface area contributed by atoms with Crippen molar-refractivity contribution in [1.29, 1.82) is 0 Å². The average Bonchev–Trinajstić information content (AvgIpc) is 3.10. The number of benzene rings is 2. The summed E-state index contributed by atoms with van der Waals surface area (Å²) in [5.74, 6) is 1.35. The number of carbonyl (C=O) groups excluding carboxylic acids is 1. The van der Waals surface area contributed by atoms with Gasteiger partial charge in [0.1, 0.15) is 5.69 Å². The Morgan fingerprint density at radius 2 is 1.88 bits per heavy atom. The Kier molecular flexibility index (Phi) is 4.25. The van der Waals surface area contributed by atoms with E-state index in [9.17, 15) is 4.79 Å². The predicted octanol–water partition coefficient (Wildman–Crippen LogP) is 5.40. The number of nitrogens with zero attached hydrogens (tertiary/aromatic N) is 2. The van der Waals surface area contributed by atoms with Crippen molar-refractivity contribution in [2.75, 3.05) is 0 Å². The Morgan fingerprint density at radius 1 is 1.08 bits per heavy atom. The summed E-state index contributed by atoms with van der Waals surface area (Å²) in [5, 5.41) is 2.21. The minimum atomic E-state index is 0.147. The fourth-order valence-corrected chi connectivity index (χ4v) is 3.15. The highest BCUT2D eigenvalue weighted by molar-refractivity contribution is 6.06. The second-order valence-corrected chi connectivity index (χ2v) is 7.06. The van der Waals surface area contributed by atoms with E-state index >= 15 is 0 Å². The number of hydrogen-bond acceptors (Lipinski definition) is 3. The number of rotatable bonds is 5. The molecule has 0 radical (unpaired) electrons. The molecule has 4 aromatic rings. The van der Waals surface area contributed by atoms with Crippen LogP contribution in [0, 0.1) is 5.92 Å². The van der Waals surface area contributed by atoms with Crippen molar-refractivity contribution >= 4 is 27.6 Å². The van der Waals surface area contributed by atoms with Gasteiger partial charge in [0.25, 0.3) is 0 Å². The molecule has 4 heteroatoms. The summed E-state index contributed by atoms with van der Waals surface area (Å²) in [4.78, 5) is 25.2. The molecule has 2 heterocycles. The molecule has 0 aliphatic carbocycles. The molecule has 0 saturated carbocycles. The second kappa shape index (κ2) is 6.71. The number of ketones is 1. The number of hydrogen-bond donors (Lipinski definition) is 1. The normalized spacial score (nSPS) is 11.5. The fraction of sp³-hybridized carbons (Fsp3) is 0.227. The van der Waals surface area contributed by atoms with Gasteiger partial charge in [0, 0.05) is 23.6 Å². The molecule has 0 bridgehead atoms. The number of aromatic amines is 1. The third-order valence-electron chi connectivity index (χ3n) is 4.64. The largest absolute Gasteiger partial charge is 0.337 e. The molecule has 0 spiro atoms. The van der Waals surface area contributed by atoms with Crippen LogP contribution in [0.25, 0.3) is 33.3 Å². The number of carbonyl (C=O) groups is 1. The summed E-state index contributed by atoms with van der Waals surface area (Å²) in [6.07, 6.45) is 3.29. The van der Waals surface area contributed by atoms with Crippen molar-refractivity contribution in [2.24, 2.45) is 5.92 Å². The fourth-order valence-electron chi connectivity index (χ4n) is 3.15. The number of H-pyrrole nitrogens is 1. The van der Waals surface area contributed by atoms with Crippen molar-refractivity contribution in [1.82, 2.24) is 15.0 Å². The van der Waals surface area contributed by atoms with Gasteiger partial charge in [-0.25, -0.2) is 4.98 Å². The van der Waals surface area contributed by atoms with Crippen LogP contribution in [0.3, 0.4) is 0 Å².